The fraction of sp³-hybridized carbons (Fsp3) is 0.158. The number of carbonyl (C=O) groups is 1. The summed E-state index contributed by atoms with van der Waals surface area (Å²) in [6, 6.07) is 51.1. The van der Waals surface area contributed by atoms with E-state index in [0.717, 1.165) is 16.7 Å². The van der Waals surface area contributed by atoms with Crippen molar-refractivity contribution in [2.75, 3.05) is 0 Å². The summed E-state index contributed by atoms with van der Waals surface area (Å²) in [4.78, 5) is 14.8. The number of hydrogen-bond acceptors (Lipinski definition) is 3. The van der Waals surface area contributed by atoms with Gasteiger partial charge < -0.3 is 5.11 Å². The van der Waals surface area contributed by atoms with Crippen molar-refractivity contribution in [2.24, 2.45) is 5.92 Å². The van der Waals surface area contributed by atoms with Gasteiger partial charge in [-0.15, -0.1) is 0 Å². The van der Waals surface area contributed by atoms with Gasteiger partial charge >= 0.3 is 0 Å². The molecule has 6 rings (SSSR count). The number of benzene rings is 5. The lowest BCUT2D eigenvalue weighted by Crippen LogP contribution is -2.58. The molecular formula is C38H31NO2. The van der Waals surface area contributed by atoms with Crippen molar-refractivity contribution in [1.82, 2.24) is 0 Å². The maximum atomic E-state index is 14.8. The predicted octanol–water partition coefficient (Wildman–Crippen LogP) is 7.81. The van der Waals surface area contributed by atoms with E-state index in [1.54, 1.807) is 12.1 Å². The van der Waals surface area contributed by atoms with Crippen LogP contribution in [0.15, 0.2) is 152 Å². The van der Waals surface area contributed by atoms with Crippen LogP contribution >= 0.6 is 0 Å². The van der Waals surface area contributed by atoms with Gasteiger partial charge in [0.15, 0.2) is 5.78 Å². The van der Waals surface area contributed by atoms with Gasteiger partial charge in [-0.05, 0) is 28.7 Å². The van der Waals surface area contributed by atoms with Gasteiger partial charge in [-0.2, -0.15) is 5.26 Å². The Kier molecular flexibility index (Phi) is 7.10. The summed E-state index contributed by atoms with van der Waals surface area (Å²) in [6.45, 7) is 0. The number of hydrogen-bond donors (Lipinski definition) is 1. The lowest BCUT2D eigenvalue weighted by atomic mass is 9.46. The third-order valence-electron chi connectivity index (χ3n) is 8.81. The number of ketones is 1. The first kappa shape index (κ1) is 26.4. The highest BCUT2D eigenvalue weighted by Crippen LogP contribution is 2.63. The van der Waals surface area contributed by atoms with Crippen molar-refractivity contribution < 1.29 is 9.90 Å². The Labute approximate surface area is 241 Å². The first-order valence-electron chi connectivity index (χ1n) is 14.0. The Morgan fingerprint density at radius 3 is 1.59 bits per heavy atom. The quantitative estimate of drug-likeness (QED) is 0.227. The summed E-state index contributed by atoms with van der Waals surface area (Å²) in [7, 11) is 0. The molecule has 200 valence electrons. The molecule has 5 atom stereocenters. The summed E-state index contributed by atoms with van der Waals surface area (Å²) < 4.78 is 0. The van der Waals surface area contributed by atoms with Gasteiger partial charge in [0.1, 0.15) is 5.60 Å². The van der Waals surface area contributed by atoms with Gasteiger partial charge in [0.25, 0.3) is 0 Å². The molecule has 1 aliphatic rings. The van der Waals surface area contributed by atoms with Crippen molar-refractivity contribution in [3.8, 4) is 6.07 Å². The number of nitriles is 1. The summed E-state index contributed by atoms with van der Waals surface area (Å²) in [5.41, 5.74) is 1.14. The van der Waals surface area contributed by atoms with Crippen LogP contribution in [0.3, 0.4) is 0 Å². The normalized spacial score (nSPS) is 25.6. The van der Waals surface area contributed by atoms with E-state index in [4.69, 9.17) is 0 Å². The summed E-state index contributed by atoms with van der Waals surface area (Å²) >= 11 is 0. The Bertz CT molecular complexity index is 1650. The van der Waals surface area contributed by atoms with Crippen molar-refractivity contribution in [1.29, 1.82) is 5.26 Å². The molecule has 0 bridgehead atoms. The van der Waals surface area contributed by atoms with Crippen LogP contribution in [0.5, 0.6) is 0 Å². The van der Waals surface area contributed by atoms with Crippen molar-refractivity contribution >= 4 is 5.78 Å². The third kappa shape index (κ3) is 4.47. The fourth-order valence-corrected chi connectivity index (χ4v) is 7.02. The minimum Gasteiger partial charge on any atom is -0.384 e. The monoisotopic (exact) mass is 533 g/mol. The summed E-state index contributed by atoms with van der Waals surface area (Å²) in [5.74, 6) is -2.18. The predicted molar refractivity (Wildman–Crippen MR) is 161 cm³/mol. The molecule has 0 radical (unpaired) electrons. The number of rotatable bonds is 6. The van der Waals surface area contributed by atoms with Crippen LogP contribution in [0, 0.1) is 17.2 Å². The number of nitrogens with zero attached hydrogens (tertiary/aromatic N) is 1. The molecule has 3 heteroatoms. The smallest absolute Gasteiger partial charge is 0.169 e. The van der Waals surface area contributed by atoms with Gasteiger partial charge in [-0.25, -0.2) is 0 Å². The van der Waals surface area contributed by atoms with Crippen molar-refractivity contribution in [3.63, 3.8) is 0 Å². The molecule has 0 unspecified atom stereocenters. The van der Waals surface area contributed by atoms with Crippen LogP contribution in [0.4, 0.5) is 0 Å². The number of carbonyl (C=O) groups excluding carboxylic acids is 1. The molecule has 3 nitrogen and oxygen atoms in total. The topological polar surface area (TPSA) is 61.1 Å². The van der Waals surface area contributed by atoms with Gasteiger partial charge in [-0.1, -0.05) is 152 Å². The maximum Gasteiger partial charge on any atom is 0.169 e. The van der Waals surface area contributed by atoms with Crippen LogP contribution in [0.1, 0.15) is 50.9 Å². The molecule has 0 heterocycles. The highest BCUT2D eigenvalue weighted by Gasteiger charge is 2.64. The molecule has 0 aromatic heterocycles. The lowest BCUT2D eigenvalue weighted by Gasteiger charge is -2.56. The van der Waals surface area contributed by atoms with Crippen molar-refractivity contribution in [2.45, 2.75) is 29.3 Å². The Balaban J connectivity index is 1.73. The molecule has 0 aliphatic heterocycles. The molecule has 5 aromatic rings. The largest absolute Gasteiger partial charge is 0.384 e. The van der Waals surface area contributed by atoms with E-state index in [1.807, 2.05) is 140 Å². The van der Waals surface area contributed by atoms with E-state index in [2.05, 4.69) is 6.07 Å². The third-order valence-corrected chi connectivity index (χ3v) is 8.81. The molecule has 1 aliphatic carbocycles. The van der Waals surface area contributed by atoms with Gasteiger partial charge in [-0.3, -0.25) is 4.79 Å². The lowest BCUT2D eigenvalue weighted by molar-refractivity contribution is -0.0738. The highest BCUT2D eigenvalue weighted by molar-refractivity contribution is 6.00. The van der Waals surface area contributed by atoms with E-state index in [1.165, 1.54) is 0 Å². The Hall–Kier alpha value is -4.78. The molecule has 0 amide bonds. The SMILES string of the molecule is N#C[C@]1(c2ccccc2)[C@H](c2ccccc2)C[C@](O)(c2ccccc2)[C@@H](C(=O)c2ccccc2)[C@@H]1c1ccccc1. The van der Waals surface area contributed by atoms with Gasteiger partial charge in [0.05, 0.1) is 17.4 Å². The van der Waals surface area contributed by atoms with E-state index < -0.39 is 28.8 Å². The molecule has 1 fully saturated rings. The number of aliphatic hydroxyl groups is 1. The summed E-state index contributed by atoms with van der Waals surface area (Å²) in [5, 5.41) is 24.5. The van der Waals surface area contributed by atoms with E-state index in [-0.39, 0.29) is 12.2 Å². The fourth-order valence-electron chi connectivity index (χ4n) is 7.02. The second-order valence-electron chi connectivity index (χ2n) is 10.9. The minimum atomic E-state index is -1.55. The first-order valence-corrected chi connectivity index (χ1v) is 14.0. The zero-order valence-electron chi connectivity index (χ0n) is 22.7. The second kappa shape index (κ2) is 11.0. The maximum absolute atomic E-state index is 14.8. The van der Waals surface area contributed by atoms with Crippen LogP contribution < -0.4 is 0 Å². The zero-order chi connectivity index (χ0) is 28.3. The molecule has 0 saturated heterocycles. The molecular weight excluding hydrogens is 502 g/mol. The molecule has 0 spiro atoms. The average Bonchev–Trinajstić information content (AvgIpc) is 3.06. The van der Waals surface area contributed by atoms with Crippen LogP contribution in [-0.2, 0) is 11.0 Å². The Morgan fingerprint density at radius 1 is 0.634 bits per heavy atom. The second-order valence-corrected chi connectivity index (χ2v) is 10.9. The molecule has 5 aromatic carbocycles. The van der Waals surface area contributed by atoms with Gasteiger partial charge in [0.2, 0.25) is 0 Å². The molecule has 41 heavy (non-hydrogen) atoms. The minimum absolute atomic E-state index is 0.173. The highest BCUT2D eigenvalue weighted by atomic mass is 16.3. The van der Waals surface area contributed by atoms with E-state index >= 15 is 0 Å². The average molecular weight is 534 g/mol. The van der Waals surface area contributed by atoms with Crippen LogP contribution in [0.25, 0.3) is 0 Å². The molecule has 1 N–H and O–H groups in total. The van der Waals surface area contributed by atoms with Gasteiger partial charge in [0, 0.05) is 17.4 Å². The standard InChI is InChI=1S/C38H31NO2/c39-27-37(31-22-12-4-13-23-31)33(28-16-6-1-7-17-28)26-38(41,32-24-14-5-15-25-32)35(34(37)29-18-8-2-9-19-29)36(40)30-20-10-3-11-21-30/h1-25,33-35,41H,26H2/t33-,34-,35+,37-,38-/m0/s1. The van der Waals surface area contributed by atoms with Crippen molar-refractivity contribution in [3.05, 3.63) is 179 Å². The van der Waals surface area contributed by atoms with E-state index in [0.29, 0.717) is 11.1 Å². The number of Topliss-reactive ketones (excluding diaryl/α,β-unsaturated/α-hetero) is 1. The first-order chi connectivity index (χ1) is 20.1. The van der Waals surface area contributed by atoms with Crippen LogP contribution in [0.2, 0.25) is 0 Å². The van der Waals surface area contributed by atoms with E-state index in [9.17, 15) is 15.2 Å². The summed E-state index contributed by atoms with van der Waals surface area (Å²) in [6.07, 6.45) is 0.204. The van der Waals surface area contributed by atoms with Crippen LogP contribution in [-0.4, -0.2) is 10.9 Å². The molecule has 1 saturated carbocycles. The Morgan fingerprint density at radius 2 is 1.07 bits per heavy atom. The zero-order valence-corrected chi connectivity index (χ0v) is 22.7.